The smallest absolute Gasteiger partial charge is 0.346 e. The zero-order valence-corrected chi connectivity index (χ0v) is 11.9. The summed E-state index contributed by atoms with van der Waals surface area (Å²) in [7, 11) is 0. The molecule has 0 aliphatic rings. The van der Waals surface area contributed by atoms with Crippen molar-refractivity contribution >= 4 is 28.9 Å². The summed E-state index contributed by atoms with van der Waals surface area (Å²) in [6.45, 7) is 1.46. The van der Waals surface area contributed by atoms with Gasteiger partial charge in [0.1, 0.15) is 16.4 Å². The van der Waals surface area contributed by atoms with Crippen LogP contribution in [0.15, 0.2) is 29.6 Å². The third kappa shape index (κ3) is 4.03. The fourth-order valence-corrected chi connectivity index (χ4v) is 2.23. The first-order chi connectivity index (χ1) is 9.95. The van der Waals surface area contributed by atoms with Crippen molar-refractivity contribution in [2.24, 2.45) is 0 Å². The molecule has 0 aliphatic carbocycles. The molecule has 21 heavy (non-hydrogen) atoms. The number of carbonyl (C=O) groups excluding carboxylic acids is 1. The number of ether oxygens (including phenoxy) is 1. The Hall–Kier alpha value is -2.41. The van der Waals surface area contributed by atoms with Crippen molar-refractivity contribution in [1.82, 2.24) is 0 Å². The number of benzene rings is 1. The Morgan fingerprint density at radius 2 is 2.14 bits per heavy atom. The minimum absolute atomic E-state index is 0.131. The highest BCUT2D eigenvalue weighted by Crippen LogP contribution is 2.21. The zero-order chi connectivity index (χ0) is 15.4. The fraction of sp³-hybridized carbons (Fsp3) is 0.143. The lowest BCUT2D eigenvalue weighted by molar-refractivity contribution is -0.118. The van der Waals surface area contributed by atoms with Gasteiger partial charge >= 0.3 is 5.97 Å². The predicted molar refractivity (Wildman–Crippen MR) is 76.5 cm³/mol. The molecule has 0 bridgehead atoms. The molecule has 0 aliphatic heterocycles. The van der Waals surface area contributed by atoms with Crippen molar-refractivity contribution in [1.29, 1.82) is 0 Å². The molecule has 1 aromatic heterocycles. The lowest BCUT2D eigenvalue weighted by Crippen LogP contribution is -2.20. The van der Waals surface area contributed by atoms with Crippen LogP contribution in [0, 0.1) is 12.7 Å². The van der Waals surface area contributed by atoms with Crippen LogP contribution in [0.1, 0.15) is 15.2 Å². The van der Waals surface area contributed by atoms with Gasteiger partial charge in [0.15, 0.2) is 6.61 Å². The number of nitrogens with one attached hydrogen (secondary N) is 1. The minimum Gasteiger partial charge on any atom is -0.483 e. The van der Waals surface area contributed by atoms with Crippen LogP contribution >= 0.6 is 11.3 Å². The standard InChI is InChI=1S/C14H12FNO4S/c1-8-2-3-9(15)4-11(8)16-13(17)6-20-10-5-12(14(18)19)21-7-10/h2-5,7H,6H2,1H3,(H,16,17)(H,18,19). The monoisotopic (exact) mass is 309 g/mol. The van der Waals surface area contributed by atoms with E-state index in [2.05, 4.69) is 5.32 Å². The van der Waals surface area contributed by atoms with E-state index >= 15 is 0 Å². The molecule has 7 heteroatoms. The summed E-state index contributed by atoms with van der Waals surface area (Å²) < 4.78 is 18.3. The Morgan fingerprint density at radius 3 is 2.81 bits per heavy atom. The molecule has 0 saturated carbocycles. The molecule has 2 N–H and O–H groups in total. The van der Waals surface area contributed by atoms with Crippen LogP contribution in [-0.4, -0.2) is 23.6 Å². The number of rotatable bonds is 5. The maximum atomic E-state index is 13.1. The molecule has 0 unspecified atom stereocenters. The molecule has 0 atom stereocenters. The molecule has 2 rings (SSSR count). The van der Waals surface area contributed by atoms with Crippen LogP contribution in [0.5, 0.6) is 5.75 Å². The van der Waals surface area contributed by atoms with Crippen LogP contribution in [0.25, 0.3) is 0 Å². The second-order valence-corrected chi connectivity index (χ2v) is 5.16. The molecular formula is C14H12FNO4S. The van der Waals surface area contributed by atoms with Gasteiger partial charge in [-0.1, -0.05) is 6.07 Å². The van der Waals surface area contributed by atoms with Crippen molar-refractivity contribution in [2.75, 3.05) is 11.9 Å². The normalized spacial score (nSPS) is 10.2. The van der Waals surface area contributed by atoms with E-state index in [0.29, 0.717) is 11.4 Å². The second-order valence-electron chi connectivity index (χ2n) is 4.25. The Bertz CT molecular complexity index is 683. The average Bonchev–Trinajstić information content (AvgIpc) is 2.90. The van der Waals surface area contributed by atoms with Crippen molar-refractivity contribution < 1.29 is 23.8 Å². The molecular weight excluding hydrogens is 297 g/mol. The number of carboxylic acid groups (broad SMARTS) is 1. The van der Waals surface area contributed by atoms with E-state index < -0.39 is 17.7 Å². The number of aryl methyl sites for hydroxylation is 1. The van der Waals surface area contributed by atoms with Gasteiger partial charge in [-0.05, 0) is 24.6 Å². The Morgan fingerprint density at radius 1 is 1.38 bits per heavy atom. The zero-order valence-electron chi connectivity index (χ0n) is 11.1. The summed E-state index contributed by atoms with van der Waals surface area (Å²) in [6.07, 6.45) is 0. The van der Waals surface area contributed by atoms with Crippen molar-refractivity contribution in [3.63, 3.8) is 0 Å². The van der Waals surface area contributed by atoms with Crippen LogP contribution in [0.2, 0.25) is 0 Å². The van der Waals surface area contributed by atoms with Gasteiger partial charge in [-0.15, -0.1) is 11.3 Å². The van der Waals surface area contributed by atoms with Gasteiger partial charge in [-0.2, -0.15) is 0 Å². The quantitative estimate of drug-likeness (QED) is 0.890. The minimum atomic E-state index is -1.05. The lowest BCUT2D eigenvalue weighted by atomic mass is 10.2. The number of amides is 1. The van der Waals surface area contributed by atoms with Crippen molar-refractivity contribution in [3.8, 4) is 5.75 Å². The number of anilines is 1. The maximum Gasteiger partial charge on any atom is 0.346 e. The van der Waals surface area contributed by atoms with Gasteiger partial charge in [0.2, 0.25) is 0 Å². The van der Waals surface area contributed by atoms with Crippen LogP contribution in [-0.2, 0) is 4.79 Å². The van der Waals surface area contributed by atoms with Gasteiger partial charge < -0.3 is 15.2 Å². The molecule has 0 spiro atoms. The summed E-state index contributed by atoms with van der Waals surface area (Å²) in [5.41, 5.74) is 1.11. The number of aromatic carboxylic acids is 1. The van der Waals surface area contributed by atoms with E-state index in [4.69, 9.17) is 9.84 Å². The Balaban J connectivity index is 1.92. The molecule has 1 aromatic carbocycles. The highest BCUT2D eigenvalue weighted by Gasteiger charge is 2.10. The molecule has 110 valence electrons. The predicted octanol–water partition coefficient (Wildman–Crippen LogP) is 2.91. The Kier molecular flexibility index (Phi) is 4.54. The van der Waals surface area contributed by atoms with Crippen molar-refractivity contribution in [2.45, 2.75) is 6.92 Å². The van der Waals surface area contributed by atoms with Gasteiger partial charge in [-0.25, -0.2) is 9.18 Å². The van der Waals surface area contributed by atoms with E-state index in [1.54, 1.807) is 13.0 Å². The first-order valence-electron chi connectivity index (χ1n) is 5.96. The first-order valence-corrected chi connectivity index (χ1v) is 6.84. The molecule has 0 saturated heterocycles. The molecule has 0 radical (unpaired) electrons. The summed E-state index contributed by atoms with van der Waals surface area (Å²) in [6, 6.07) is 5.43. The number of thiophene rings is 1. The van der Waals surface area contributed by atoms with E-state index in [9.17, 15) is 14.0 Å². The van der Waals surface area contributed by atoms with Crippen LogP contribution < -0.4 is 10.1 Å². The number of hydrogen-bond acceptors (Lipinski definition) is 4. The fourth-order valence-electron chi connectivity index (χ4n) is 1.57. The summed E-state index contributed by atoms with van der Waals surface area (Å²) in [5, 5.41) is 12.8. The van der Waals surface area contributed by atoms with E-state index in [0.717, 1.165) is 16.9 Å². The van der Waals surface area contributed by atoms with Gasteiger partial charge in [0.25, 0.3) is 5.91 Å². The molecule has 5 nitrogen and oxygen atoms in total. The number of carboxylic acids is 1. The number of carbonyl (C=O) groups is 2. The van der Waals surface area contributed by atoms with Gasteiger partial charge in [0, 0.05) is 17.1 Å². The topological polar surface area (TPSA) is 75.6 Å². The summed E-state index contributed by atoms with van der Waals surface area (Å²) in [5.74, 6) is -1.63. The van der Waals surface area contributed by atoms with Crippen LogP contribution in [0.3, 0.4) is 0 Å². The first kappa shape index (κ1) is 15.0. The van der Waals surface area contributed by atoms with Crippen LogP contribution in [0.4, 0.5) is 10.1 Å². The highest BCUT2D eigenvalue weighted by molar-refractivity contribution is 7.12. The van der Waals surface area contributed by atoms with Gasteiger partial charge in [0.05, 0.1) is 0 Å². The van der Waals surface area contributed by atoms with E-state index in [1.807, 2.05) is 0 Å². The largest absolute Gasteiger partial charge is 0.483 e. The van der Waals surface area contributed by atoms with E-state index in [1.165, 1.54) is 23.6 Å². The van der Waals surface area contributed by atoms with Crippen molar-refractivity contribution in [3.05, 3.63) is 45.9 Å². The van der Waals surface area contributed by atoms with E-state index in [-0.39, 0.29) is 11.5 Å². The second kappa shape index (κ2) is 6.36. The van der Waals surface area contributed by atoms with Gasteiger partial charge in [-0.3, -0.25) is 4.79 Å². The third-order valence-electron chi connectivity index (χ3n) is 2.63. The molecule has 1 amide bonds. The summed E-state index contributed by atoms with van der Waals surface area (Å²) in [4.78, 5) is 22.6. The number of halogens is 1. The Labute approximate surface area is 124 Å². The highest BCUT2D eigenvalue weighted by atomic mass is 32.1. The maximum absolute atomic E-state index is 13.1. The lowest BCUT2D eigenvalue weighted by Gasteiger charge is -2.08. The SMILES string of the molecule is Cc1ccc(F)cc1NC(=O)COc1csc(C(=O)O)c1. The summed E-state index contributed by atoms with van der Waals surface area (Å²) >= 11 is 1.01. The third-order valence-corrected chi connectivity index (χ3v) is 3.53. The molecule has 2 aromatic rings. The molecule has 0 fully saturated rings. The molecule has 1 heterocycles. The number of hydrogen-bond donors (Lipinski definition) is 2. The average molecular weight is 309 g/mol.